The quantitative estimate of drug-likeness (QED) is 0.575. The number of amides is 1. The summed E-state index contributed by atoms with van der Waals surface area (Å²) in [5.74, 6) is -0.00230. The number of ether oxygens (including phenoxy) is 1. The van der Waals surface area contributed by atoms with E-state index in [-0.39, 0.29) is 5.91 Å². The number of carbonyl (C=O) groups is 1. The summed E-state index contributed by atoms with van der Waals surface area (Å²) >= 11 is 3.47. The van der Waals surface area contributed by atoms with Gasteiger partial charge in [0.2, 0.25) is 5.91 Å². The average Bonchev–Trinajstić information content (AvgIpc) is 3.18. The number of halogens is 1. The summed E-state index contributed by atoms with van der Waals surface area (Å²) in [6.45, 7) is 2.45. The lowest BCUT2D eigenvalue weighted by Gasteiger charge is -2.25. The van der Waals surface area contributed by atoms with Gasteiger partial charge in [-0.05, 0) is 30.3 Å². The van der Waals surface area contributed by atoms with Gasteiger partial charge < -0.3 is 9.64 Å². The molecule has 2 aromatic carbocycles. The van der Waals surface area contributed by atoms with Crippen LogP contribution in [0.25, 0.3) is 23.0 Å². The number of hydrogen-bond donors (Lipinski definition) is 0. The Balaban J connectivity index is 1.67. The molecular weight excluding hydrogens is 418 g/mol. The molecule has 0 N–H and O–H groups in total. The lowest BCUT2D eigenvalue weighted by Crippen LogP contribution is -2.39. The van der Waals surface area contributed by atoms with Crippen LogP contribution in [0.4, 0.5) is 0 Å². The highest BCUT2D eigenvalue weighted by Gasteiger charge is 2.15. The normalized spacial score (nSPS) is 14.5. The summed E-state index contributed by atoms with van der Waals surface area (Å²) in [6.07, 6.45) is 5.43. The van der Waals surface area contributed by atoms with Crippen LogP contribution in [0.3, 0.4) is 0 Å². The van der Waals surface area contributed by atoms with Gasteiger partial charge in [0.1, 0.15) is 0 Å². The van der Waals surface area contributed by atoms with Crippen molar-refractivity contribution in [3.8, 4) is 16.9 Å². The largest absolute Gasteiger partial charge is 0.378 e. The fourth-order valence-electron chi connectivity index (χ4n) is 3.10. The van der Waals surface area contributed by atoms with Crippen LogP contribution < -0.4 is 0 Å². The second-order valence-corrected chi connectivity index (χ2v) is 7.41. The summed E-state index contributed by atoms with van der Waals surface area (Å²) < 4.78 is 8.17. The van der Waals surface area contributed by atoms with E-state index in [0.29, 0.717) is 26.3 Å². The molecule has 0 atom stereocenters. The van der Waals surface area contributed by atoms with Gasteiger partial charge in [0.05, 0.1) is 24.6 Å². The van der Waals surface area contributed by atoms with E-state index in [2.05, 4.69) is 15.9 Å². The molecule has 0 spiro atoms. The zero-order chi connectivity index (χ0) is 19.3. The number of benzene rings is 2. The standard InChI is InChI=1S/C22H20BrN3O2/c23-19-9-6-17(7-10-19)22-18(8-11-21(27)25-12-14-28-15-13-25)16-26(24-22)20-4-2-1-3-5-20/h1-11,16H,12-15H2. The molecule has 0 aliphatic carbocycles. The summed E-state index contributed by atoms with van der Waals surface area (Å²) in [5, 5.41) is 4.78. The number of hydrogen-bond acceptors (Lipinski definition) is 3. The first-order valence-corrected chi connectivity index (χ1v) is 9.96. The summed E-state index contributed by atoms with van der Waals surface area (Å²) in [5.41, 5.74) is 3.70. The summed E-state index contributed by atoms with van der Waals surface area (Å²) in [7, 11) is 0. The van der Waals surface area contributed by atoms with Crippen LogP contribution in [0, 0.1) is 0 Å². The molecule has 0 unspecified atom stereocenters. The van der Waals surface area contributed by atoms with Crippen molar-refractivity contribution >= 4 is 27.9 Å². The van der Waals surface area contributed by atoms with Gasteiger partial charge in [0, 0.05) is 41.0 Å². The lowest BCUT2D eigenvalue weighted by atomic mass is 10.1. The van der Waals surface area contributed by atoms with Gasteiger partial charge in [0.15, 0.2) is 0 Å². The zero-order valence-corrected chi connectivity index (χ0v) is 16.9. The van der Waals surface area contributed by atoms with Crippen molar-refractivity contribution in [2.24, 2.45) is 0 Å². The van der Waals surface area contributed by atoms with Crippen LogP contribution in [0.1, 0.15) is 5.56 Å². The van der Waals surface area contributed by atoms with Crippen molar-refractivity contribution in [3.05, 3.63) is 76.9 Å². The van der Waals surface area contributed by atoms with Crippen LogP contribution in [-0.4, -0.2) is 46.9 Å². The van der Waals surface area contributed by atoms with Gasteiger partial charge in [-0.25, -0.2) is 4.68 Å². The van der Waals surface area contributed by atoms with Crippen molar-refractivity contribution in [3.63, 3.8) is 0 Å². The molecule has 5 nitrogen and oxygen atoms in total. The first kappa shape index (κ1) is 18.7. The highest BCUT2D eigenvalue weighted by Crippen LogP contribution is 2.26. The predicted octanol–water partition coefficient (Wildman–Crippen LogP) is 4.17. The Labute approximate surface area is 172 Å². The van der Waals surface area contributed by atoms with Crippen molar-refractivity contribution in [1.29, 1.82) is 0 Å². The van der Waals surface area contributed by atoms with Crippen LogP contribution in [0.5, 0.6) is 0 Å². The van der Waals surface area contributed by atoms with Crippen LogP contribution >= 0.6 is 15.9 Å². The zero-order valence-electron chi connectivity index (χ0n) is 15.3. The Morgan fingerprint density at radius 2 is 1.75 bits per heavy atom. The van der Waals surface area contributed by atoms with Gasteiger partial charge in [-0.15, -0.1) is 0 Å². The smallest absolute Gasteiger partial charge is 0.246 e. The first-order chi connectivity index (χ1) is 13.7. The molecule has 1 aromatic heterocycles. The van der Waals surface area contributed by atoms with Gasteiger partial charge in [-0.2, -0.15) is 5.10 Å². The maximum atomic E-state index is 12.5. The number of carbonyl (C=O) groups excluding carboxylic acids is 1. The maximum Gasteiger partial charge on any atom is 0.246 e. The molecule has 1 saturated heterocycles. The third-order valence-corrected chi connectivity index (χ3v) is 5.14. The SMILES string of the molecule is O=C(C=Cc1cn(-c2ccccc2)nc1-c1ccc(Br)cc1)N1CCOCC1. The van der Waals surface area contributed by atoms with E-state index in [1.165, 1.54) is 0 Å². The van der Waals surface area contributed by atoms with Crippen LogP contribution in [-0.2, 0) is 9.53 Å². The van der Waals surface area contributed by atoms with Crippen molar-refractivity contribution in [1.82, 2.24) is 14.7 Å². The molecule has 0 bridgehead atoms. The fourth-order valence-corrected chi connectivity index (χ4v) is 3.37. The first-order valence-electron chi connectivity index (χ1n) is 9.16. The van der Waals surface area contributed by atoms with E-state index >= 15 is 0 Å². The number of aromatic nitrogens is 2. The van der Waals surface area contributed by atoms with E-state index in [1.807, 2.05) is 71.6 Å². The second kappa shape index (κ2) is 8.54. The molecule has 6 heteroatoms. The third-order valence-electron chi connectivity index (χ3n) is 4.61. The Kier molecular flexibility index (Phi) is 5.69. The number of rotatable bonds is 4. The lowest BCUT2D eigenvalue weighted by molar-refractivity contribution is -0.129. The minimum absolute atomic E-state index is 0.00230. The summed E-state index contributed by atoms with van der Waals surface area (Å²) in [4.78, 5) is 14.3. The Morgan fingerprint density at radius 1 is 1.04 bits per heavy atom. The molecule has 0 radical (unpaired) electrons. The number of nitrogens with zero attached hydrogens (tertiary/aromatic N) is 3. The highest BCUT2D eigenvalue weighted by atomic mass is 79.9. The van der Waals surface area contributed by atoms with Crippen molar-refractivity contribution in [2.75, 3.05) is 26.3 Å². The molecular formula is C22H20BrN3O2. The monoisotopic (exact) mass is 437 g/mol. The Bertz CT molecular complexity index is 975. The van der Waals surface area contributed by atoms with Crippen LogP contribution in [0.2, 0.25) is 0 Å². The number of morpholine rings is 1. The molecule has 1 fully saturated rings. The highest BCUT2D eigenvalue weighted by molar-refractivity contribution is 9.10. The van der Waals surface area contributed by atoms with Crippen molar-refractivity contribution in [2.45, 2.75) is 0 Å². The topological polar surface area (TPSA) is 47.4 Å². The van der Waals surface area contributed by atoms with E-state index in [9.17, 15) is 4.79 Å². The predicted molar refractivity (Wildman–Crippen MR) is 113 cm³/mol. The molecule has 0 saturated carbocycles. The molecule has 4 rings (SSSR count). The minimum atomic E-state index is -0.00230. The van der Waals surface area contributed by atoms with E-state index in [1.54, 1.807) is 11.0 Å². The Hall–Kier alpha value is -2.70. The molecule has 1 amide bonds. The van der Waals surface area contributed by atoms with E-state index in [4.69, 9.17) is 9.84 Å². The molecule has 3 aromatic rings. The van der Waals surface area contributed by atoms with Crippen LogP contribution in [0.15, 0.2) is 71.3 Å². The molecule has 142 valence electrons. The van der Waals surface area contributed by atoms with E-state index < -0.39 is 0 Å². The fraction of sp³-hybridized carbons (Fsp3) is 0.182. The molecule has 28 heavy (non-hydrogen) atoms. The average molecular weight is 438 g/mol. The van der Waals surface area contributed by atoms with Gasteiger partial charge in [0.25, 0.3) is 0 Å². The minimum Gasteiger partial charge on any atom is -0.378 e. The second-order valence-electron chi connectivity index (χ2n) is 6.49. The van der Waals surface area contributed by atoms with Gasteiger partial charge in [-0.3, -0.25) is 4.79 Å². The maximum absolute atomic E-state index is 12.5. The van der Waals surface area contributed by atoms with Gasteiger partial charge >= 0.3 is 0 Å². The number of para-hydroxylation sites is 1. The third kappa shape index (κ3) is 4.24. The Morgan fingerprint density at radius 3 is 2.46 bits per heavy atom. The molecule has 1 aliphatic heterocycles. The molecule has 2 heterocycles. The summed E-state index contributed by atoms with van der Waals surface area (Å²) in [6, 6.07) is 18.0. The van der Waals surface area contributed by atoms with E-state index in [0.717, 1.165) is 27.0 Å². The molecule has 1 aliphatic rings. The van der Waals surface area contributed by atoms with Crippen molar-refractivity contribution < 1.29 is 9.53 Å². The van der Waals surface area contributed by atoms with Gasteiger partial charge in [-0.1, -0.05) is 46.3 Å².